The molecule has 65 valence electrons. The molecular formula is C8H10NO2Te. The third-order valence-corrected chi connectivity index (χ3v) is 2.53. The quantitative estimate of drug-likeness (QED) is 0.616. The predicted octanol–water partition coefficient (Wildman–Crippen LogP) is 0.0798. The van der Waals surface area contributed by atoms with Crippen molar-refractivity contribution in [2.75, 3.05) is 20.0 Å². The number of nitrogen functional groups attached to an aromatic ring is 1. The summed E-state index contributed by atoms with van der Waals surface area (Å²) in [7, 11) is 3.20. The molecule has 0 saturated heterocycles. The van der Waals surface area contributed by atoms with Gasteiger partial charge in [-0.15, -0.1) is 0 Å². The molecule has 0 amide bonds. The van der Waals surface area contributed by atoms with E-state index in [1.54, 1.807) is 20.3 Å². The van der Waals surface area contributed by atoms with Crippen LogP contribution in [0, 0.1) is 0 Å². The van der Waals surface area contributed by atoms with Gasteiger partial charge in [-0.3, -0.25) is 0 Å². The van der Waals surface area contributed by atoms with Crippen molar-refractivity contribution in [2.45, 2.75) is 0 Å². The molecule has 0 aliphatic carbocycles. The molecular weight excluding hydrogens is 270 g/mol. The molecule has 0 aliphatic heterocycles. The molecule has 2 N–H and O–H groups in total. The first kappa shape index (κ1) is 9.50. The minimum atomic E-state index is 0.669. The number of rotatable bonds is 2. The summed E-state index contributed by atoms with van der Waals surface area (Å²) in [6, 6.07) is 3.62. The predicted molar refractivity (Wildman–Crippen MR) is 49.3 cm³/mol. The van der Waals surface area contributed by atoms with Crippen LogP contribution in [-0.2, 0) is 0 Å². The number of anilines is 1. The number of nitrogens with two attached hydrogens (primary N) is 1. The maximum atomic E-state index is 5.69. The third kappa shape index (κ3) is 1.77. The van der Waals surface area contributed by atoms with Gasteiger partial charge in [0.2, 0.25) is 0 Å². The molecule has 1 rings (SSSR count). The molecule has 0 heterocycles. The number of benzene rings is 1. The van der Waals surface area contributed by atoms with Crippen molar-refractivity contribution < 1.29 is 9.47 Å². The summed E-state index contributed by atoms with van der Waals surface area (Å²) in [5.41, 5.74) is 6.41. The Morgan fingerprint density at radius 3 is 2.17 bits per heavy atom. The Morgan fingerprint density at radius 1 is 1.17 bits per heavy atom. The summed E-state index contributed by atoms with van der Waals surface area (Å²) in [6.45, 7) is 0. The SMILES string of the molecule is COc1cc(N)c([Te])cc1OC. The first-order chi connectivity index (χ1) is 5.69. The van der Waals surface area contributed by atoms with Crippen LogP contribution in [0.5, 0.6) is 11.5 Å². The Morgan fingerprint density at radius 2 is 1.67 bits per heavy atom. The number of hydrogen-bond donors (Lipinski definition) is 1. The van der Waals surface area contributed by atoms with E-state index >= 15 is 0 Å². The summed E-state index contributed by atoms with van der Waals surface area (Å²) in [5, 5.41) is 0. The van der Waals surface area contributed by atoms with E-state index < -0.39 is 0 Å². The minimum absolute atomic E-state index is 0.669. The van der Waals surface area contributed by atoms with E-state index in [0.29, 0.717) is 11.5 Å². The van der Waals surface area contributed by atoms with Gasteiger partial charge in [0, 0.05) is 0 Å². The van der Waals surface area contributed by atoms with E-state index in [0.717, 1.165) is 9.30 Å². The van der Waals surface area contributed by atoms with Crippen molar-refractivity contribution in [3.05, 3.63) is 12.1 Å². The Labute approximate surface area is 84.8 Å². The van der Waals surface area contributed by atoms with Gasteiger partial charge in [-0.2, -0.15) is 0 Å². The van der Waals surface area contributed by atoms with Gasteiger partial charge >= 0.3 is 84.7 Å². The molecule has 0 aromatic heterocycles. The van der Waals surface area contributed by atoms with Gasteiger partial charge in [0.15, 0.2) is 0 Å². The van der Waals surface area contributed by atoms with Crippen LogP contribution < -0.4 is 18.8 Å². The van der Waals surface area contributed by atoms with Crippen LogP contribution in [0.1, 0.15) is 0 Å². The first-order valence-corrected chi connectivity index (χ1v) is 4.54. The molecule has 0 bridgehead atoms. The average molecular weight is 280 g/mol. The van der Waals surface area contributed by atoms with Gasteiger partial charge in [0.05, 0.1) is 0 Å². The van der Waals surface area contributed by atoms with Crippen molar-refractivity contribution in [2.24, 2.45) is 0 Å². The van der Waals surface area contributed by atoms with Crippen LogP contribution in [-0.4, -0.2) is 36.5 Å². The summed E-state index contributed by atoms with van der Waals surface area (Å²) in [6.07, 6.45) is 0. The van der Waals surface area contributed by atoms with Gasteiger partial charge < -0.3 is 0 Å². The van der Waals surface area contributed by atoms with Crippen LogP contribution in [0.4, 0.5) is 5.69 Å². The van der Waals surface area contributed by atoms with Crippen molar-refractivity contribution in [1.82, 2.24) is 0 Å². The fraction of sp³-hybridized carbons (Fsp3) is 0.250. The van der Waals surface area contributed by atoms with Gasteiger partial charge in [0.25, 0.3) is 0 Å². The van der Waals surface area contributed by atoms with E-state index in [9.17, 15) is 0 Å². The second-order valence-electron chi connectivity index (χ2n) is 2.25. The molecule has 0 fully saturated rings. The van der Waals surface area contributed by atoms with E-state index in [-0.39, 0.29) is 0 Å². The molecule has 3 nitrogen and oxygen atoms in total. The van der Waals surface area contributed by atoms with Crippen LogP contribution in [0.25, 0.3) is 0 Å². The second-order valence-corrected chi connectivity index (χ2v) is 3.50. The molecule has 0 saturated carbocycles. The van der Waals surface area contributed by atoms with Crippen molar-refractivity contribution in [3.63, 3.8) is 0 Å². The normalized spacial score (nSPS) is 9.50. The van der Waals surface area contributed by atoms with E-state index in [1.807, 2.05) is 28.4 Å². The molecule has 4 heteroatoms. The van der Waals surface area contributed by atoms with E-state index in [1.165, 1.54) is 0 Å². The standard InChI is InChI=1S/C8H10NO2Te/c1-10-6-3-5(9)8(12)4-7(6)11-2/h3-4H,9H2,1-2H3. The Kier molecular flexibility index (Phi) is 3.07. The van der Waals surface area contributed by atoms with Gasteiger partial charge in [-0.05, 0) is 0 Å². The summed E-state index contributed by atoms with van der Waals surface area (Å²) < 4.78 is 11.2. The number of hydrogen-bond acceptors (Lipinski definition) is 3. The zero-order valence-corrected chi connectivity index (χ0v) is 9.29. The second kappa shape index (κ2) is 3.88. The fourth-order valence-corrected chi connectivity index (χ4v) is 1.35. The van der Waals surface area contributed by atoms with Gasteiger partial charge in [-0.25, -0.2) is 0 Å². The summed E-state index contributed by atoms with van der Waals surface area (Å²) in [5.74, 6) is 1.38. The number of ether oxygens (including phenoxy) is 2. The van der Waals surface area contributed by atoms with Gasteiger partial charge in [0.1, 0.15) is 0 Å². The first-order valence-electron chi connectivity index (χ1n) is 3.37. The van der Waals surface area contributed by atoms with Crippen LogP contribution in [0.15, 0.2) is 12.1 Å². The molecule has 0 spiro atoms. The maximum absolute atomic E-state index is 5.69. The fourth-order valence-electron chi connectivity index (χ4n) is 0.876. The molecule has 1 aromatic carbocycles. The van der Waals surface area contributed by atoms with E-state index in [2.05, 4.69) is 0 Å². The molecule has 0 aliphatic rings. The van der Waals surface area contributed by atoms with Crippen molar-refractivity contribution >= 4 is 31.6 Å². The topological polar surface area (TPSA) is 44.5 Å². The molecule has 1 radical (unpaired) electrons. The molecule has 12 heavy (non-hydrogen) atoms. The Bertz CT molecular complexity index is 260. The van der Waals surface area contributed by atoms with E-state index in [4.69, 9.17) is 15.2 Å². The van der Waals surface area contributed by atoms with Crippen LogP contribution in [0.2, 0.25) is 0 Å². The molecule has 0 unspecified atom stereocenters. The monoisotopic (exact) mass is 282 g/mol. The zero-order valence-electron chi connectivity index (χ0n) is 6.96. The van der Waals surface area contributed by atoms with Gasteiger partial charge in [-0.1, -0.05) is 0 Å². The third-order valence-electron chi connectivity index (χ3n) is 1.52. The van der Waals surface area contributed by atoms with Crippen molar-refractivity contribution in [1.29, 1.82) is 0 Å². The molecule has 0 atom stereocenters. The van der Waals surface area contributed by atoms with Crippen molar-refractivity contribution in [3.8, 4) is 11.5 Å². The zero-order chi connectivity index (χ0) is 9.14. The Balaban J connectivity index is 3.19. The Hall–Kier alpha value is -0.590. The number of methoxy groups -OCH3 is 2. The van der Waals surface area contributed by atoms with Crippen LogP contribution >= 0.6 is 0 Å². The average Bonchev–Trinajstić information content (AvgIpc) is 2.09. The summed E-state index contributed by atoms with van der Waals surface area (Å²) >= 11 is 1.86. The molecule has 1 aromatic rings. The summed E-state index contributed by atoms with van der Waals surface area (Å²) in [4.78, 5) is 0. The van der Waals surface area contributed by atoms with Crippen LogP contribution in [0.3, 0.4) is 0 Å².